The van der Waals surface area contributed by atoms with Crippen LogP contribution in [0.5, 0.6) is 5.88 Å². The summed E-state index contributed by atoms with van der Waals surface area (Å²) >= 11 is 2.14. The summed E-state index contributed by atoms with van der Waals surface area (Å²) in [5.41, 5.74) is 0. The fourth-order valence-corrected chi connectivity index (χ4v) is 0.910. The molecule has 60 valence electrons. The van der Waals surface area contributed by atoms with Crippen molar-refractivity contribution in [3.63, 3.8) is 0 Å². The van der Waals surface area contributed by atoms with Crippen LogP contribution in [0.4, 0.5) is 4.39 Å². The lowest BCUT2D eigenvalue weighted by atomic mass is 10.5. The van der Waals surface area contributed by atoms with Crippen LogP contribution in [0.2, 0.25) is 0 Å². The number of hydrogen-bond acceptors (Lipinski definition) is 2. The summed E-state index contributed by atoms with van der Waals surface area (Å²) < 4.78 is 17.6. The van der Waals surface area contributed by atoms with Gasteiger partial charge in [-0.1, -0.05) is 0 Å². The monoisotopic (exact) mass is 267 g/mol. The van der Waals surface area contributed by atoms with Crippen LogP contribution in [0.25, 0.3) is 0 Å². The average molecular weight is 267 g/mol. The Hall–Kier alpha value is -0.390. The quantitative estimate of drug-likeness (QED) is 0.782. The molecule has 2 nitrogen and oxygen atoms in total. The number of ether oxygens (including phenoxy) is 1. The van der Waals surface area contributed by atoms with Crippen molar-refractivity contribution in [3.8, 4) is 5.88 Å². The molecule has 0 unspecified atom stereocenters. The highest BCUT2D eigenvalue weighted by Gasteiger charge is 1.92. The van der Waals surface area contributed by atoms with Gasteiger partial charge in [0.1, 0.15) is 13.3 Å². The Bertz CT molecular complexity index is 214. The maximum atomic E-state index is 11.6. The molecule has 0 aliphatic rings. The second-order valence-electron chi connectivity index (χ2n) is 1.85. The van der Waals surface area contributed by atoms with E-state index in [4.69, 9.17) is 4.74 Å². The first-order valence-electron chi connectivity index (χ1n) is 3.13. The molecule has 11 heavy (non-hydrogen) atoms. The van der Waals surface area contributed by atoms with E-state index < -0.39 is 6.67 Å². The van der Waals surface area contributed by atoms with Crippen molar-refractivity contribution in [1.29, 1.82) is 0 Å². The second kappa shape index (κ2) is 4.48. The van der Waals surface area contributed by atoms with Crippen molar-refractivity contribution in [2.45, 2.75) is 0 Å². The Balaban J connectivity index is 2.52. The fourth-order valence-electron chi connectivity index (χ4n) is 0.591. The molecule has 0 saturated carbocycles. The zero-order chi connectivity index (χ0) is 8.10. The van der Waals surface area contributed by atoms with Gasteiger partial charge in [0, 0.05) is 15.8 Å². The summed E-state index contributed by atoms with van der Waals surface area (Å²) in [5.74, 6) is 0.475. The van der Waals surface area contributed by atoms with E-state index in [0.717, 1.165) is 3.57 Å². The largest absolute Gasteiger partial charge is 0.475 e. The molecule has 4 heteroatoms. The Kier molecular flexibility index (Phi) is 3.55. The molecule has 1 aromatic rings. The van der Waals surface area contributed by atoms with Crippen LogP contribution in [0.1, 0.15) is 0 Å². The summed E-state index contributed by atoms with van der Waals surface area (Å²) in [6, 6.07) is 3.58. The number of aromatic nitrogens is 1. The Morgan fingerprint density at radius 3 is 2.91 bits per heavy atom. The molecular formula is C7H7FINO. The van der Waals surface area contributed by atoms with Crippen molar-refractivity contribution < 1.29 is 9.13 Å². The number of hydrogen-bond donors (Lipinski definition) is 0. The molecule has 0 N–H and O–H groups in total. The van der Waals surface area contributed by atoms with E-state index in [0.29, 0.717) is 5.88 Å². The van der Waals surface area contributed by atoms with Crippen molar-refractivity contribution in [3.05, 3.63) is 21.9 Å². The summed E-state index contributed by atoms with van der Waals surface area (Å²) in [5, 5.41) is 0. The third-order valence-electron chi connectivity index (χ3n) is 1.03. The predicted octanol–water partition coefficient (Wildman–Crippen LogP) is 2.03. The molecule has 0 amide bonds. The van der Waals surface area contributed by atoms with Crippen LogP contribution in [-0.4, -0.2) is 18.3 Å². The fraction of sp³-hybridized carbons (Fsp3) is 0.286. The van der Waals surface area contributed by atoms with Crippen LogP contribution >= 0.6 is 22.6 Å². The molecule has 0 bridgehead atoms. The van der Waals surface area contributed by atoms with Gasteiger partial charge in [0.15, 0.2) is 0 Å². The number of nitrogens with zero attached hydrogens (tertiary/aromatic N) is 1. The molecule has 0 spiro atoms. The lowest BCUT2D eigenvalue weighted by Gasteiger charge is -2.00. The highest BCUT2D eigenvalue weighted by molar-refractivity contribution is 14.1. The minimum absolute atomic E-state index is 0.0770. The van der Waals surface area contributed by atoms with Crippen LogP contribution in [0, 0.1) is 3.57 Å². The van der Waals surface area contributed by atoms with Crippen molar-refractivity contribution in [2.75, 3.05) is 13.3 Å². The molecule has 0 aromatic carbocycles. The topological polar surface area (TPSA) is 22.1 Å². The van der Waals surface area contributed by atoms with Gasteiger partial charge < -0.3 is 4.74 Å². The van der Waals surface area contributed by atoms with E-state index in [2.05, 4.69) is 27.6 Å². The van der Waals surface area contributed by atoms with Crippen LogP contribution < -0.4 is 4.74 Å². The normalized spacial score (nSPS) is 9.64. The van der Waals surface area contributed by atoms with E-state index >= 15 is 0 Å². The summed E-state index contributed by atoms with van der Waals surface area (Å²) in [7, 11) is 0. The molecule has 0 saturated heterocycles. The van der Waals surface area contributed by atoms with Gasteiger partial charge in [-0.15, -0.1) is 0 Å². The lowest BCUT2D eigenvalue weighted by molar-refractivity contribution is 0.264. The zero-order valence-corrected chi connectivity index (χ0v) is 7.92. The van der Waals surface area contributed by atoms with E-state index in [-0.39, 0.29) is 6.61 Å². The highest BCUT2D eigenvalue weighted by Crippen LogP contribution is 2.08. The van der Waals surface area contributed by atoms with Crippen molar-refractivity contribution in [1.82, 2.24) is 4.98 Å². The Morgan fingerprint density at radius 2 is 2.36 bits per heavy atom. The number of halogens is 2. The maximum absolute atomic E-state index is 11.6. The van der Waals surface area contributed by atoms with Gasteiger partial charge in [-0.25, -0.2) is 9.37 Å². The molecule has 0 radical (unpaired) electrons. The van der Waals surface area contributed by atoms with E-state index in [1.165, 1.54) is 0 Å². The first-order chi connectivity index (χ1) is 5.33. The van der Waals surface area contributed by atoms with E-state index in [1.807, 2.05) is 6.07 Å². The molecule has 1 aromatic heterocycles. The molecule has 1 heterocycles. The minimum Gasteiger partial charge on any atom is -0.475 e. The van der Waals surface area contributed by atoms with E-state index in [1.54, 1.807) is 12.3 Å². The smallest absolute Gasteiger partial charge is 0.213 e. The second-order valence-corrected chi connectivity index (χ2v) is 3.10. The molecule has 0 aliphatic heterocycles. The number of rotatable bonds is 3. The van der Waals surface area contributed by atoms with Gasteiger partial charge in [0.25, 0.3) is 0 Å². The Morgan fingerprint density at radius 1 is 1.55 bits per heavy atom. The lowest BCUT2D eigenvalue weighted by Crippen LogP contribution is -1.99. The molecule has 1 rings (SSSR count). The minimum atomic E-state index is -0.479. The van der Waals surface area contributed by atoms with Crippen LogP contribution in [0.3, 0.4) is 0 Å². The molecule has 0 atom stereocenters. The third-order valence-corrected chi connectivity index (χ3v) is 1.67. The first kappa shape index (κ1) is 8.70. The van der Waals surface area contributed by atoms with Gasteiger partial charge in [0.05, 0.1) is 0 Å². The van der Waals surface area contributed by atoms with Crippen molar-refractivity contribution >= 4 is 22.6 Å². The molecule has 0 fully saturated rings. The van der Waals surface area contributed by atoms with Crippen LogP contribution in [0.15, 0.2) is 18.3 Å². The first-order valence-corrected chi connectivity index (χ1v) is 4.21. The summed E-state index contributed by atoms with van der Waals surface area (Å²) in [6.45, 7) is -0.402. The standard InChI is InChI=1S/C7H7FINO/c8-3-4-11-7-2-1-6(9)5-10-7/h1-2,5H,3-4H2. The highest BCUT2D eigenvalue weighted by atomic mass is 127. The van der Waals surface area contributed by atoms with Crippen molar-refractivity contribution in [2.24, 2.45) is 0 Å². The SMILES string of the molecule is FCCOc1ccc(I)cn1. The van der Waals surface area contributed by atoms with Gasteiger partial charge in [0.2, 0.25) is 5.88 Å². The van der Waals surface area contributed by atoms with Gasteiger partial charge in [-0.3, -0.25) is 0 Å². The third kappa shape index (κ3) is 3.00. The van der Waals surface area contributed by atoms with Gasteiger partial charge >= 0.3 is 0 Å². The maximum Gasteiger partial charge on any atom is 0.213 e. The predicted molar refractivity (Wildman–Crippen MR) is 48.4 cm³/mol. The van der Waals surface area contributed by atoms with E-state index in [9.17, 15) is 4.39 Å². The Labute approximate surface area is 77.9 Å². The van der Waals surface area contributed by atoms with Gasteiger partial charge in [-0.2, -0.15) is 0 Å². The summed E-state index contributed by atoms with van der Waals surface area (Å²) in [6.07, 6.45) is 1.67. The number of alkyl halides is 1. The molecular weight excluding hydrogens is 260 g/mol. The van der Waals surface area contributed by atoms with Gasteiger partial charge in [-0.05, 0) is 28.7 Å². The van der Waals surface area contributed by atoms with Crippen LogP contribution in [-0.2, 0) is 0 Å². The summed E-state index contributed by atoms with van der Waals surface area (Å²) in [4.78, 5) is 3.92. The molecule has 0 aliphatic carbocycles. The zero-order valence-electron chi connectivity index (χ0n) is 5.76. The average Bonchev–Trinajstić information content (AvgIpc) is 2.04. The number of pyridine rings is 1.